The molecule has 4 rings (SSSR count). The van der Waals surface area contributed by atoms with Crippen LogP contribution in [0.2, 0.25) is 0 Å². The first-order valence-electron chi connectivity index (χ1n) is 9.16. The second kappa shape index (κ2) is 7.03. The number of amides is 1. The fourth-order valence-corrected chi connectivity index (χ4v) is 4.02. The van der Waals surface area contributed by atoms with Crippen LogP contribution >= 0.6 is 0 Å². The summed E-state index contributed by atoms with van der Waals surface area (Å²) < 4.78 is 19.1. The molecule has 0 bridgehead atoms. The number of carbonyl (C=O) groups excluding carboxylic acids is 1. The molecule has 142 valence electrons. The van der Waals surface area contributed by atoms with E-state index >= 15 is 0 Å². The first-order valence-corrected chi connectivity index (χ1v) is 9.16. The van der Waals surface area contributed by atoms with Crippen molar-refractivity contribution in [2.75, 3.05) is 19.8 Å². The van der Waals surface area contributed by atoms with Crippen LogP contribution in [0.1, 0.15) is 29.2 Å². The van der Waals surface area contributed by atoms with Gasteiger partial charge in [-0.1, -0.05) is 36.4 Å². The second-order valence-electron chi connectivity index (χ2n) is 7.46. The van der Waals surface area contributed by atoms with Crippen molar-refractivity contribution in [1.82, 2.24) is 4.90 Å². The number of rotatable bonds is 3. The Morgan fingerprint density at radius 3 is 2.70 bits per heavy atom. The number of ether oxygens (including phenoxy) is 1. The van der Waals surface area contributed by atoms with Crippen LogP contribution in [0.3, 0.4) is 0 Å². The summed E-state index contributed by atoms with van der Waals surface area (Å²) in [6, 6.07) is 14.0. The number of aliphatic hydroxyl groups excluding tert-OH is 1. The maximum atomic E-state index is 13.4. The highest BCUT2D eigenvalue weighted by molar-refractivity contribution is 5.82. The summed E-state index contributed by atoms with van der Waals surface area (Å²) in [6.07, 6.45) is 0.367. The summed E-state index contributed by atoms with van der Waals surface area (Å²) >= 11 is 0. The average Bonchev–Trinajstić information content (AvgIpc) is 3.10. The van der Waals surface area contributed by atoms with Crippen LogP contribution < -0.4 is 5.73 Å². The lowest BCUT2D eigenvalue weighted by atomic mass is 9.87. The van der Waals surface area contributed by atoms with Crippen molar-refractivity contribution in [3.8, 4) is 0 Å². The van der Waals surface area contributed by atoms with Crippen molar-refractivity contribution < 1.29 is 19.0 Å². The van der Waals surface area contributed by atoms with E-state index in [1.165, 1.54) is 17.7 Å². The molecule has 0 saturated carbocycles. The Morgan fingerprint density at radius 1 is 1.26 bits per heavy atom. The van der Waals surface area contributed by atoms with Gasteiger partial charge in [0, 0.05) is 13.0 Å². The fourth-order valence-electron chi connectivity index (χ4n) is 4.02. The number of benzene rings is 2. The van der Waals surface area contributed by atoms with Crippen molar-refractivity contribution in [3.63, 3.8) is 0 Å². The number of aliphatic hydroxyl groups is 1. The molecule has 1 saturated heterocycles. The van der Waals surface area contributed by atoms with Gasteiger partial charge in [0.15, 0.2) is 0 Å². The van der Waals surface area contributed by atoms with Gasteiger partial charge in [0.05, 0.1) is 24.8 Å². The monoisotopic (exact) mass is 370 g/mol. The SMILES string of the molecule is N[C@@]1(CO)CO[C@H](C(=O)N2CCc3ccccc3[C@@H]2c2ccc(F)cc2)C1. The number of nitrogens with two attached hydrogens (primary N) is 1. The van der Waals surface area contributed by atoms with E-state index in [1.807, 2.05) is 18.2 Å². The molecule has 6 heteroatoms. The van der Waals surface area contributed by atoms with E-state index in [0.29, 0.717) is 6.54 Å². The number of hydrogen-bond donors (Lipinski definition) is 2. The predicted molar refractivity (Wildman–Crippen MR) is 98.5 cm³/mol. The minimum atomic E-state index is -0.876. The third kappa shape index (κ3) is 3.36. The van der Waals surface area contributed by atoms with E-state index in [2.05, 4.69) is 6.07 Å². The first-order chi connectivity index (χ1) is 13.0. The van der Waals surface area contributed by atoms with Gasteiger partial charge >= 0.3 is 0 Å². The van der Waals surface area contributed by atoms with Gasteiger partial charge in [-0.25, -0.2) is 4.39 Å². The van der Waals surface area contributed by atoms with Gasteiger partial charge < -0.3 is 20.5 Å². The number of nitrogens with zero attached hydrogens (tertiary/aromatic N) is 1. The Kier molecular flexibility index (Phi) is 4.72. The smallest absolute Gasteiger partial charge is 0.252 e. The van der Waals surface area contributed by atoms with Gasteiger partial charge in [-0.2, -0.15) is 0 Å². The van der Waals surface area contributed by atoms with Crippen LogP contribution in [-0.4, -0.2) is 47.3 Å². The van der Waals surface area contributed by atoms with E-state index in [0.717, 1.165) is 17.5 Å². The minimum Gasteiger partial charge on any atom is -0.394 e. The Labute approximate surface area is 157 Å². The zero-order valence-electron chi connectivity index (χ0n) is 15.0. The molecule has 0 unspecified atom stereocenters. The zero-order valence-corrected chi connectivity index (χ0v) is 15.0. The van der Waals surface area contributed by atoms with E-state index < -0.39 is 11.6 Å². The number of halogens is 1. The van der Waals surface area contributed by atoms with Crippen molar-refractivity contribution >= 4 is 5.91 Å². The van der Waals surface area contributed by atoms with Gasteiger partial charge in [0.1, 0.15) is 11.9 Å². The molecule has 2 aromatic rings. The molecule has 2 aliphatic rings. The highest BCUT2D eigenvalue weighted by Gasteiger charge is 2.43. The molecule has 0 aliphatic carbocycles. The molecule has 2 aromatic carbocycles. The van der Waals surface area contributed by atoms with E-state index in [4.69, 9.17) is 10.5 Å². The molecule has 0 spiro atoms. The van der Waals surface area contributed by atoms with E-state index in [1.54, 1.807) is 17.0 Å². The number of hydrogen-bond acceptors (Lipinski definition) is 4. The molecule has 1 fully saturated rings. The maximum Gasteiger partial charge on any atom is 0.252 e. The second-order valence-corrected chi connectivity index (χ2v) is 7.46. The molecule has 2 heterocycles. The number of fused-ring (bicyclic) bond motifs is 1. The van der Waals surface area contributed by atoms with Gasteiger partial charge in [0.25, 0.3) is 5.91 Å². The summed E-state index contributed by atoms with van der Waals surface area (Å²) in [5.41, 5.74) is 8.28. The van der Waals surface area contributed by atoms with Crippen molar-refractivity contribution in [2.45, 2.75) is 30.5 Å². The van der Waals surface area contributed by atoms with E-state index in [9.17, 15) is 14.3 Å². The summed E-state index contributed by atoms with van der Waals surface area (Å²) in [7, 11) is 0. The lowest BCUT2D eigenvalue weighted by Crippen LogP contribution is -2.47. The molecular weight excluding hydrogens is 347 g/mol. The molecule has 0 radical (unpaired) electrons. The normalized spacial score (nSPS) is 27.4. The molecule has 1 amide bonds. The summed E-state index contributed by atoms with van der Waals surface area (Å²) in [6.45, 7) is 0.487. The van der Waals surface area contributed by atoms with Gasteiger partial charge in [-0.3, -0.25) is 4.79 Å². The quantitative estimate of drug-likeness (QED) is 0.864. The van der Waals surface area contributed by atoms with Crippen LogP contribution in [0.25, 0.3) is 0 Å². The fraction of sp³-hybridized carbons (Fsp3) is 0.381. The molecular formula is C21H23FN2O3. The van der Waals surface area contributed by atoms with Crippen molar-refractivity contribution in [2.24, 2.45) is 5.73 Å². The maximum absolute atomic E-state index is 13.4. The van der Waals surface area contributed by atoms with Crippen LogP contribution in [-0.2, 0) is 16.0 Å². The highest BCUT2D eigenvalue weighted by atomic mass is 19.1. The molecule has 3 atom stereocenters. The highest BCUT2D eigenvalue weighted by Crippen LogP contribution is 2.37. The number of carbonyl (C=O) groups is 1. The van der Waals surface area contributed by atoms with Crippen molar-refractivity contribution in [1.29, 1.82) is 0 Å². The average molecular weight is 370 g/mol. The lowest BCUT2D eigenvalue weighted by Gasteiger charge is -2.39. The van der Waals surface area contributed by atoms with Gasteiger partial charge in [-0.15, -0.1) is 0 Å². The third-order valence-electron chi connectivity index (χ3n) is 5.51. The third-order valence-corrected chi connectivity index (χ3v) is 5.51. The molecule has 2 aliphatic heterocycles. The summed E-state index contributed by atoms with van der Waals surface area (Å²) in [5, 5.41) is 9.46. The minimum absolute atomic E-state index is 0.139. The molecule has 0 aromatic heterocycles. The standard InChI is InChI=1S/C21H23FN2O3/c22-16-7-5-15(6-8-16)19-17-4-2-1-3-14(17)9-10-24(19)20(26)18-11-21(23,12-25)13-27-18/h1-8,18-19,25H,9-13,23H2/t18-,19-,21-/m0/s1. The Balaban J connectivity index is 1.69. The molecule has 5 nitrogen and oxygen atoms in total. The Morgan fingerprint density at radius 2 is 2.00 bits per heavy atom. The van der Waals surface area contributed by atoms with Gasteiger partial charge in [-0.05, 0) is 35.2 Å². The summed E-state index contributed by atoms with van der Waals surface area (Å²) in [4.78, 5) is 15.0. The first kappa shape index (κ1) is 18.1. The lowest BCUT2D eigenvalue weighted by molar-refractivity contribution is -0.143. The Hall–Kier alpha value is -2.28. The van der Waals surface area contributed by atoms with E-state index in [-0.39, 0.29) is 37.4 Å². The molecule has 3 N–H and O–H groups in total. The molecule has 27 heavy (non-hydrogen) atoms. The van der Waals surface area contributed by atoms with Crippen LogP contribution in [0.5, 0.6) is 0 Å². The zero-order chi connectivity index (χ0) is 19.0. The van der Waals surface area contributed by atoms with Crippen LogP contribution in [0, 0.1) is 5.82 Å². The van der Waals surface area contributed by atoms with Gasteiger partial charge in [0.2, 0.25) is 0 Å². The van der Waals surface area contributed by atoms with Crippen molar-refractivity contribution in [3.05, 3.63) is 71.0 Å². The predicted octanol–water partition coefficient (Wildman–Crippen LogP) is 1.78. The van der Waals surface area contributed by atoms with Crippen LogP contribution in [0.15, 0.2) is 48.5 Å². The largest absolute Gasteiger partial charge is 0.394 e. The summed E-state index contributed by atoms with van der Waals surface area (Å²) in [5.74, 6) is -0.449. The Bertz CT molecular complexity index is 842. The topological polar surface area (TPSA) is 75.8 Å². The van der Waals surface area contributed by atoms with Crippen LogP contribution in [0.4, 0.5) is 4.39 Å².